The first kappa shape index (κ1) is 21.9. The molecule has 178 valence electrons. The minimum Gasteiger partial charge on any atom is -0.392 e. The van der Waals surface area contributed by atoms with Crippen LogP contribution in [0, 0.1) is 23.2 Å². The van der Waals surface area contributed by atoms with Crippen LogP contribution < -0.4 is 10.2 Å². The maximum Gasteiger partial charge on any atom is 0.208 e. The Kier molecular flexibility index (Phi) is 5.39. The van der Waals surface area contributed by atoms with E-state index in [2.05, 4.69) is 45.4 Å². The highest BCUT2D eigenvalue weighted by Crippen LogP contribution is 2.41. The van der Waals surface area contributed by atoms with Gasteiger partial charge in [0.1, 0.15) is 6.07 Å². The molecular formula is C25H26N8OS. The second kappa shape index (κ2) is 8.59. The van der Waals surface area contributed by atoms with Gasteiger partial charge in [0.05, 0.1) is 40.3 Å². The van der Waals surface area contributed by atoms with E-state index in [0.29, 0.717) is 17.4 Å². The zero-order valence-corrected chi connectivity index (χ0v) is 20.4. The van der Waals surface area contributed by atoms with Gasteiger partial charge in [0.2, 0.25) is 5.13 Å². The van der Waals surface area contributed by atoms with Gasteiger partial charge < -0.3 is 15.3 Å². The summed E-state index contributed by atoms with van der Waals surface area (Å²) in [6.07, 6.45) is 5.40. The number of nitrogens with zero attached hydrogens (tertiary/aromatic N) is 7. The molecule has 4 aromatic heterocycles. The largest absolute Gasteiger partial charge is 0.392 e. The highest BCUT2D eigenvalue weighted by Gasteiger charge is 2.41. The van der Waals surface area contributed by atoms with Crippen LogP contribution in [0.1, 0.15) is 32.3 Å². The van der Waals surface area contributed by atoms with E-state index in [-0.39, 0.29) is 12.1 Å². The van der Waals surface area contributed by atoms with Gasteiger partial charge in [0.25, 0.3) is 0 Å². The van der Waals surface area contributed by atoms with E-state index < -0.39 is 0 Å². The van der Waals surface area contributed by atoms with Gasteiger partial charge in [-0.2, -0.15) is 10.4 Å². The number of hydrogen-bond donors (Lipinski definition) is 2. The lowest BCUT2D eigenvalue weighted by Crippen LogP contribution is -2.44. The second-order valence-electron chi connectivity index (χ2n) is 9.71. The van der Waals surface area contributed by atoms with E-state index in [4.69, 9.17) is 10.2 Å². The number of aliphatic hydroxyl groups is 1. The third-order valence-electron chi connectivity index (χ3n) is 6.94. The summed E-state index contributed by atoms with van der Waals surface area (Å²) in [5.41, 5.74) is 4.84. The summed E-state index contributed by atoms with van der Waals surface area (Å²) in [6.45, 7) is 5.87. The minimum atomic E-state index is -0.177. The predicted molar refractivity (Wildman–Crippen MR) is 135 cm³/mol. The SMILES string of the molecule is CC(C)Nc1cc(-c2ccc3cc(C#N)cnn23)ncc1-c1nnc(N2C[C@H]3CC[C@@H](C2)[C@@H]3O)s1. The molecule has 10 heteroatoms. The molecule has 0 aromatic carbocycles. The van der Waals surface area contributed by atoms with Gasteiger partial charge in [-0.3, -0.25) is 4.98 Å². The van der Waals surface area contributed by atoms with Gasteiger partial charge in [-0.1, -0.05) is 11.3 Å². The normalized spacial score (nSPS) is 21.6. The topological polar surface area (TPSA) is 115 Å². The molecule has 0 spiro atoms. The molecule has 2 fully saturated rings. The standard InChI is InChI=1S/C25H26N8OS/c1-14(2)29-20-8-21(22-6-5-18-7-15(9-26)10-28-33(18)22)27-11-19(20)24-30-31-25(35-24)32-12-16-3-4-17(13-32)23(16)34/h5-8,10-11,14,16-17,23,34H,3-4,12-13H2,1-2H3,(H,27,29)/t16-,17+,23-. The third kappa shape index (κ3) is 3.90. The van der Waals surface area contributed by atoms with E-state index in [1.54, 1.807) is 22.0 Å². The van der Waals surface area contributed by atoms with Crippen LogP contribution in [0.4, 0.5) is 10.8 Å². The molecule has 1 aliphatic carbocycles. The lowest BCUT2D eigenvalue weighted by atomic mass is 9.96. The van der Waals surface area contributed by atoms with Crippen LogP contribution in [0.25, 0.3) is 27.5 Å². The zero-order chi connectivity index (χ0) is 24.1. The first-order chi connectivity index (χ1) is 17.0. The Hall–Kier alpha value is -3.55. The molecule has 3 atom stereocenters. The molecule has 1 saturated carbocycles. The van der Waals surface area contributed by atoms with Crippen LogP contribution in [0.5, 0.6) is 0 Å². The number of fused-ring (bicyclic) bond motifs is 3. The molecule has 35 heavy (non-hydrogen) atoms. The van der Waals surface area contributed by atoms with Crippen LogP contribution in [0.3, 0.4) is 0 Å². The van der Waals surface area contributed by atoms with Crippen molar-refractivity contribution in [2.24, 2.45) is 11.8 Å². The van der Waals surface area contributed by atoms with Gasteiger partial charge in [-0.15, -0.1) is 10.2 Å². The number of nitriles is 1. The van der Waals surface area contributed by atoms with Gasteiger partial charge in [0.15, 0.2) is 5.01 Å². The average Bonchev–Trinajstić information content (AvgIpc) is 3.54. The van der Waals surface area contributed by atoms with Crippen molar-refractivity contribution in [2.45, 2.75) is 38.8 Å². The number of anilines is 2. The summed E-state index contributed by atoms with van der Waals surface area (Å²) in [5, 5.41) is 38.2. The summed E-state index contributed by atoms with van der Waals surface area (Å²) in [7, 11) is 0. The van der Waals surface area contributed by atoms with Crippen molar-refractivity contribution >= 4 is 27.7 Å². The van der Waals surface area contributed by atoms with Gasteiger partial charge in [-0.05, 0) is 51.0 Å². The lowest BCUT2D eigenvalue weighted by Gasteiger charge is -2.34. The van der Waals surface area contributed by atoms with Crippen LogP contribution in [0.2, 0.25) is 0 Å². The molecule has 0 radical (unpaired) electrons. The van der Waals surface area contributed by atoms with E-state index in [0.717, 1.165) is 64.2 Å². The number of pyridine rings is 1. The third-order valence-corrected chi connectivity index (χ3v) is 7.96. The van der Waals surface area contributed by atoms with Crippen LogP contribution >= 0.6 is 11.3 Å². The highest BCUT2D eigenvalue weighted by atomic mass is 32.1. The summed E-state index contributed by atoms with van der Waals surface area (Å²) < 4.78 is 1.80. The number of aliphatic hydroxyl groups excluding tert-OH is 1. The molecule has 2 N–H and O–H groups in total. The Morgan fingerprint density at radius 2 is 1.94 bits per heavy atom. The molecule has 1 saturated heterocycles. The van der Waals surface area contributed by atoms with Crippen molar-refractivity contribution < 1.29 is 5.11 Å². The van der Waals surface area contributed by atoms with Crippen LogP contribution in [-0.2, 0) is 0 Å². The Labute approximate surface area is 207 Å². The average molecular weight is 487 g/mol. The first-order valence-electron chi connectivity index (χ1n) is 11.9. The Morgan fingerprint density at radius 3 is 2.69 bits per heavy atom. The maximum absolute atomic E-state index is 10.4. The summed E-state index contributed by atoms with van der Waals surface area (Å²) in [4.78, 5) is 7.03. The molecule has 2 bridgehead atoms. The van der Waals surface area contributed by atoms with E-state index >= 15 is 0 Å². The molecule has 1 aliphatic heterocycles. The number of piperidine rings is 1. The van der Waals surface area contributed by atoms with Gasteiger partial charge >= 0.3 is 0 Å². The molecule has 9 nitrogen and oxygen atoms in total. The van der Waals surface area contributed by atoms with Gasteiger partial charge in [-0.25, -0.2) is 4.52 Å². The molecule has 2 aliphatic rings. The quantitative estimate of drug-likeness (QED) is 0.438. The number of nitrogens with one attached hydrogen (secondary N) is 1. The summed E-state index contributed by atoms with van der Waals surface area (Å²) in [5.74, 6) is 0.657. The van der Waals surface area contributed by atoms with Crippen molar-refractivity contribution in [3.63, 3.8) is 0 Å². The van der Waals surface area contributed by atoms with Crippen molar-refractivity contribution in [2.75, 3.05) is 23.3 Å². The van der Waals surface area contributed by atoms with E-state index in [9.17, 15) is 5.11 Å². The number of hydrogen-bond acceptors (Lipinski definition) is 9. The number of rotatable bonds is 5. The monoisotopic (exact) mass is 486 g/mol. The fourth-order valence-electron chi connectivity index (χ4n) is 5.25. The second-order valence-corrected chi connectivity index (χ2v) is 10.7. The van der Waals surface area contributed by atoms with Crippen molar-refractivity contribution in [1.82, 2.24) is 24.8 Å². The molecule has 4 aromatic rings. The fourth-order valence-corrected chi connectivity index (χ4v) is 6.14. The molecular weight excluding hydrogens is 460 g/mol. The first-order valence-corrected chi connectivity index (χ1v) is 12.7. The van der Waals surface area contributed by atoms with Crippen molar-refractivity contribution in [3.05, 3.63) is 42.2 Å². The minimum absolute atomic E-state index is 0.177. The fraction of sp³-hybridized carbons (Fsp3) is 0.400. The van der Waals surface area contributed by atoms with E-state index in [1.165, 1.54) is 0 Å². The van der Waals surface area contributed by atoms with Crippen LogP contribution in [-0.4, -0.2) is 55.1 Å². The maximum atomic E-state index is 10.4. The Morgan fingerprint density at radius 1 is 1.14 bits per heavy atom. The molecule has 0 unspecified atom stereocenters. The molecule has 5 heterocycles. The van der Waals surface area contributed by atoms with E-state index in [1.807, 2.05) is 30.5 Å². The number of aromatic nitrogens is 5. The molecule has 0 amide bonds. The summed E-state index contributed by atoms with van der Waals surface area (Å²) >= 11 is 1.57. The van der Waals surface area contributed by atoms with Crippen LogP contribution in [0.15, 0.2) is 36.7 Å². The Balaban J connectivity index is 1.34. The van der Waals surface area contributed by atoms with Crippen molar-refractivity contribution in [1.29, 1.82) is 5.26 Å². The predicted octanol–water partition coefficient (Wildman–Crippen LogP) is 3.81. The smallest absolute Gasteiger partial charge is 0.208 e. The summed E-state index contributed by atoms with van der Waals surface area (Å²) in [6, 6.07) is 10.1. The van der Waals surface area contributed by atoms with Crippen molar-refractivity contribution in [3.8, 4) is 28.0 Å². The highest BCUT2D eigenvalue weighted by molar-refractivity contribution is 7.18. The molecule has 6 rings (SSSR count). The van der Waals surface area contributed by atoms with Gasteiger partial charge in [0, 0.05) is 42.9 Å². The zero-order valence-electron chi connectivity index (χ0n) is 19.6. The lowest BCUT2D eigenvalue weighted by molar-refractivity contribution is 0.0792. The Bertz CT molecular complexity index is 1420.